The largest absolute Gasteiger partial charge is 0.462 e. The zero-order valence-corrected chi connectivity index (χ0v) is 49.2. The molecule has 0 heterocycles. The minimum atomic E-state index is -0.769. The van der Waals surface area contributed by atoms with Crippen molar-refractivity contribution in [3.8, 4) is 0 Å². The first-order valence-corrected chi connectivity index (χ1v) is 32.5. The van der Waals surface area contributed by atoms with Gasteiger partial charge in [-0.1, -0.05) is 295 Å². The number of ether oxygens (including phenoxy) is 3. The summed E-state index contributed by atoms with van der Waals surface area (Å²) in [6.07, 6.45) is 76.0. The molecule has 6 nitrogen and oxygen atoms in total. The first-order chi connectivity index (χ1) is 36.0. The molecule has 0 radical (unpaired) electrons. The number of hydrogen-bond donors (Lipinski definition) is 0. The predicted octanol–water partition coefficient (Wildman–Crippen LogP) is 22.0. The van der Waals surface area contributed by atoms with E-state index in [1.165, 1.54) is 250 Å². The van der Waals surface area contributed by atoms with Gasteiger partial charge in [0, 0.05) is 19.3 Å². The average Bonchev–Trinajstić information content (AvgIpc) is 3.39. The van der Waals surface area contributed by atoms with Crippen LogP contribution in [-0.4, -0.2) is 37.2 Å². The number of unbranched alkanes of at least 4 members (excludes halogenated alkanes) is 43. The van der Waals surface area contributed by atoms with Crippen molar-refractivity contribution >= 4 is 17.9 Å². The predicted molar refractivity (Wildman–Crippen MR) is 316 cm³/mol. The molecule has 0 fully saturated rings. The summed E-state index contributed by atoms with van der Waals surface area (Å²) >= 11 is 0. The summed E-state index contributed by atoms with van der Waals surface area (Å²) in [4.78, 5) is 38.2. The molecule has 0 bridgehead atoms. The summed E-state index contributed by atoms with van der Waals surface area (Å²) in [5.41, 5.74) is 0. The molecule has 0 aliphatic heterocycles. The normalized spacial score (nSPS) is 12.2. The van der Waals surface area contributed by atoms with Gasteiger partial charge in [0.05, 0.1) is 0 Å². The van der Waals surface area contributed by atoms with E-state index in [9.17, 15) is 14.4 Å². The van der Waals surface area contributed by atoms with E-state index >= 15 is 0 Å². The fourth-order valence-corrected chi connectivity index (χ4v) is 9.71. The lowest BCUT2D eigenvalue weighted by atomic mass is 10.0. The van der Waals surface area contributed by atoms with Crippen LogP contribution >= 0.6 is 0 Å². The van der Waals surface area contributed by atoms with Gasteiger partial charge in [0.25, 0.3) is 0 Å². The Morgan fingerprint density at radius 3 is 0.767 bits per heavy atom. The van der Waals surface area contributed by atoms with Crippen LogP contribution in [-0.2, 0) is 28.6 Å². The van der Waals surface area contributed by atoms with Crippen molar-refractivity contribution in [3.63, 3.8) is 0 Å². The summed E-state index contributed by atoms with van der Waals surface area (Å²) < 4.78 is 16.9. The van der Waals surface area contributed by atoms with Gasteiger partial charge in [-0.3, -0.25) is 14.4 Å². The summed E-state index contributed by atoms with van der Waals surface area (Å²) in [6.45, 7) is 6.66. The highest BCUT2D eigenvalue weighted by molar-refractivity contribution is 5.71. The van der Waals surface area contributed by atoms with E-state index in [-0.39, 0.29) is 31.1 Å². The molecular weight excluding hydrogens is 901 g/mol. The second-order valence-corrected chi connectivity index (χ2v) is 22.0. The molecule has 0 rings (SSSR count). The zero-order chi connectivity index (χ0) is 52.9. The smallest absolute Gasteiger partial charge is 0.306 e. The first kappa shape index (κ1) is 70.6. The van der Waals surface area contributed by atoms with E-state index in [1.807, 2.05) is 0 Å². The number of esters is 3. The van der Waals surface area contributed by atoms with E-state index in [2.05, 4.69) is 57.2 Å². The second kappa shape index (κ2) is 62.2. The maximum atomic E-state index is 12.9. The van der Waals surface area contributed by atoms with Gasteiger partial charge >= 0.3 is 17.9 Å². The monoisotopic (exact) mass is 1020 g/mol. The number of allylic oxidation sites excluding steroid dienone is 6. The molecular formula is C67H124O6. The van der Waals surface area contributed by atoms with Crippen LogP contribution in [0.2, 0.25) is 0 Å². The van der Waals surface area contributed by atoms with E-state index < -0.39 is 6.10 Å². The molecule has 1 atom stereocenters. The first-order valence-electron chi connectivity index (χ1n) is 32.5. The lowest BCUT2D eigenvalue weighted by Gasteiger charge is -2.18. The third-order valence-corrected chi connectivity index (χ3v) is 14.6. The van der Waals surface area contributed by atoms with Gasteiger partial charge in [-0.05, 0) is 77.0 Å². The zero-order valence-electron chi connectivity index (χ0n) is 49.2. The van der Waals surface area contributed by atoms with Crippen molar-refractivity contribution in [1.82, 2.24) is 0 Å². The second-order valence-electron chi connectivity index (χ2n) is 22.0. The van der Waals surface area contributed by atoms with Gasteiger partial charge in [-0.15, -0.1) is 0 Å². The SMILES string of the molecule is CCCCCCC/C=C\C/C=C\CCCCCCCCCCCCCCCCCC(=O)OCC(COC(=O)CCCCCCCCCCC)OC(=O)CCCCCCCCCCC/C=C\CCCCCCCC. The van der Waals surface area contributed by atoms with Gasteiger partial charge < -0.3 is 14.2 Å². The molecule has 6 heteroatoms. The molecule has 0 aromatic carbocycles. The number of hydrogen-bond acceptors (Lipinski definition) is 6. The van der Waals surface area contributed by atoms with Gasteiger partial charge in [0.15, 0.2) is 6.10 Å². The Bertz CT molecular complexity index is 1220. The Labute approximate surface area is 455 Å². The highest BCUT2D eigenvalue weighted by atomic mass is 16.6. The average molecular weight is 1030 g/mol. The van der Waals surface area contributed by atoms with Crippen LogP contribution in [0, 0.1) is 0 Å². The molecule has 0 aromatic heterocycles. The van der Waals surface area contributed by atoms with E-state index in [0.29, 0.717) is 19.3 Å². The van der Waals surface area contributed by atoms with Gasteiger partial charge in [-0.25, -0.2) is 0 Å². The minimum absolute atomic E-state index is 0.0684. The third-order valence-electron chi connectivity index (χ3n) is 14.6. The van der Waals surface area contributed by atoms with Crippen molar-refractivity contribution in [2.75, 3.05) is 13.2 Å². The summed E-state index contributed by atoms with van der Waals surface area (Å²) in [5, 5.41) is 0. The quantitative estimate of drug-likeness (QED) is 0.0261. The van der Waals surface area contributed by atoms with E-state index in [1.54, 1.807) is 0 Å². The number of carbonyl (C=O) groups is 3. The Morgan fingerprint density at radius 1 is 0.274 bits per heavy atom. The highest BCUT2D eigenvalue weighted by Gasteiger charge is 2.19. The standard InChI is InChI=1S/C67H124O6/c1-4-7-10-13-16-19-21-23-25-27-29-30-31-32-33-34-35-36-38-39-41-43-45-48-51-54-57-60-66(69)72-63-64(62-71-65(68)59-56-53-50-47-18-15-12-9-6-3)73-67(70)61-58-55-52-49-46-44-42-40-37-28-26-24-22-20-17-14-11-8-5-2/h21,23-24,26-27,29,64H,4-20,22,25,28,30-63H2,1-3H3/b23-21-,26-24-,29-27-. The lowest BCUT2D eigenvalue weighted by molar-refractivity contribution is -0.167. The van der Waals surface area contributed by atoms with Crippen LogP contribution in [0.25, 0.3) is 0 Å². The molecule has 1 unspecified atom stereocenters. The van der Waals surface area contributed by atoms with E-state index in [4.69, 9.17) is 14.2 Å². The van der Waals surface area contributed by atoms with Crippen LogP contribution in [0.15, 0.2) is 36.5 Å². The molecule has 0 amide bonds. The summed E-state index contributed by atoms with van der Waals surface area (Å²) in [7, 11) is 0. The fraction of sp³-hybridized carbons (Fsp3) is 0.866. The van der Waals surface area contributed by atoms with Crippen LogP contribution < -0.4 is 0 Å². The molecule has 0 saturated heterocycles. The molecule has 428 valence electrons. The summed E-state index contributed by atoms with van der Waals surface area (Å²) in [5.74, 6) is -0.851. The van der Waals surface area contributed by atoms with Gasteiger partial charge in [0.2, 0.25) is 0 Å². The minimum Gasteiger partial charge on any atom is -0.462 e. The Morgan fingerprint density at radius 2 is 0.493 bits per heavy atom. The molecule has 73 heavy (non-hydrogen) atoms. The highest BCUT2D eigenvalue weighted by Crippen LogP contribution is 2.17. The third kappa shape index (κ3) is 60.4. The van der Waals surface area contributed by atoms with Crippen molar-refractivity contribution in [2.24, 2.45) is 0 Å². The maximum Gasteiger partial charge on any atom is 0.306 e. The van der Waals surface area contributed by atoms with Crippen molar-refractivity contribution in [1.29, 1.82) is 0 Å². The molecule has 0 aliphatic carbocycles. The maximum absolute atomic E-state index is 12.9. The van der Waals surface area contributed by atoms with Crippen LogP contribution in [0.3, 0.4) is 0 Å². The van der Waals surface area contributed by atoms with Gasteiger partial charge in [-0.2, -0.15) is 0 Å². The van der Waals surface area contributed by atoms with Crippen molar-refractivity contribution in [3.05, 3.63) is 36.5 Å². The topological polar surface area (TPSA) is 78.9 Å². The molecule has 0 aromatic rings. The van der Waals surface area contributed by atoms with Crippen LogP contribution in [0.4, 0.5) is 0 Å². The molecule has 0 N–H and O–H groups in total. The Balaban J connectivity index is 4.14. The molecule has 0 saturated carbocycles. The summed E-state index contributed by atoms with van der Waals surface area (Å²) in [6, 6.07) is 0. The molecule has 0 spiro atoms. The van der Waals surface area contributed by atoms with E-state index in [0.717, 1.165) is 64.2 Å². The number of rotatable bonds is 60. The lowest BCUT2D eigenvalue weighted by Crippen LogP contribution is -2.30. The number of carbonyl (C=O) groups excluding carboxylic acids is 3. The Kier molecular flexibility index (Phi) is 60.2. The van der Waals surface area contributed by atoms with Crippen LogP contribution in [0.5, 0.6) is 0 Å². The Hall–Kier alpha value is -2.37. The van der Waals surface area contributed by atoms with Gasteiger partial charge in [0.1, 0.15) is 13.2 Å². The van der Waals surface area contributed by atoms with Crippen molar-refractivity contribution in [2.45, 2.75) is 361 Å². The van der Waals surface area contributed by atoms with Crippen molar-refractivity contribution < 1.29 is 28.6 Å². The van der Waals surface area contributed by atoms with Crippen LogP contribution in [0.1, 0.15) is 355 Å². The fourth-order valence-electron chi connectivity index (χ4n) is 9.71. The molecule has 0 aliphatic rings.